The Morgan fingerprint density at radius 2 is 1.45 bits per heavy atom. The summed E-state index contributed by atoms with van der Waals surface area (Å²) in [6.07, 6.45) is 0. The lowest BCUT2D eigenvalue weighted by molar-refractivity contribution is 0.385. The number of nitrogens with zero attached hydrogens (tertiary/aromatic N) is 2. The van der Waals surface area contributed by atoms with E-state index in [1.54, 1.807) is 13.8 Å². The SMILES string of the molecule is COc1ccc(S(=O)(=O)Nc2ccc(S(=O)(=O)Nc3cc(C)nc(C)n3)cc2)cc1F. The topological polar surface area (TPSA) is 127 Å². The van der Waals surface area contributed by atoms with Crippen molar-refractivity contribution in [3.8, 4) is 5.75 Å². The third kappa shape index (κ3) is 5.27. The van der Waals surface area contributed by atoms with Gasteiger partial charge >= 0.3 is 0 Å². The summed E-state index contributed by atoms with van der Waals surface area (Å²) in [6.45, 7) is 3.35. The average molecular weight is 467 g/mol. The summed E-state index contributed by atoms with van der Waals surface area (Å²) in [5.74, 6) is -0.378. The molecule has 0 saturated carbocycles. The molecule has 0 bridgehead atoms. The number of methoxy groups -OCH3 is 1. The number of rotatable bonds is 7. The fourth-order valence-corrected chi connectivity index (χ4v) is 4.76. The summed E-state index contributed by atoms with van der Waals surface area (Å²) < 4.78 is 73.3. The van der Waals surface area contributed by atoms with Gasteiger partial charge in [-0.1, -0.05) is 0 Å². The van der Waals surface area contributed by atoms with Gasteiger partial charge in [-0.2, -0.15) is 0 Å². The molecule has 2 aromatic carbocycles. The second kappa shape index (κ2) is 8.47. The lowest BCUT2D eigenvalue weighted by Gasteiger charge is -2.11. The van der Waals surface area contributed by atoms with Crippen molar-refractivity contribution in [3.05, 3.63) is 65.9 Å². The van der Waals surface area contributed by atoms with Crippen LogP contribution in [0, 0.1) is 19.7 Å². The zero-order chi connectivity index (χ0) is 22.8. The molecule has 9 nitrogen and oxygen atoms in total. The van der Waals surface area contributed by atoms with Crippen molar-refractivity contribution in [1.82, 2.24) is 9.97 Å². The molecule has 0 saturated heterocycles. The van der Waals surface area contributed by atoms with Crippen LogP contribution in [0.1, 0.15) is 11.5 Å². The normalized spacial score (nSPS) is 11.7. The van der Waals surface area contributed by atoms with E-state index >= 15 is 0 Å². The number of ether oxygens (including phenoxy) is 1. The van der Waals surface area contributed by atoms with Crippen LogP contribution in [-0.4, -0.2) is 33.9 Å². The Hall–Kier alpha value is -3.25. The second-order valence-electron chi connectivity index (χ2n) is 6.47. The van der Waals surface area contributed by atoms with Gasteiger partial charge in [0.25, 0.3) is 20.0 Å². The van der Waals surface area contributed by atoms with Crippen LogP contribution in [0.3, 0.4) is 0 Å². The van der Waals surface area contributed by atoms with Crippen molar-refractivity contribution < 1.29 is 26.0 Å². The predicted octanol–water partition coefficient (Wildman–Crippen LogP) is 2.84. The Morgan fingerprint density at radius 3 is 2.03 bits per heavy atom. The lowest BCUT2D eigenvalue weighted by Crippen LogP contribution is -2.16. The van der Waals surface area contributed by atoms with Gasteiger partial charge in [0.1, 0.15) is 11.6 Å². The monoisotopic (exact) mass is 466 g/mol. The van der Waals surface area contributed by atoms with Gasteiger partial charge in [-0.05, 0) is 56.3 Å². The molecule has 0 atom stereocenters. The molecule has 0 unspecified atom stereocenters. The van der Waals surface area contributed by atoms with E-state index in [0.717, 1.165) is 6.07 Å². The van der Waals surface area contributed by atoms with Crippen LogP contribution in [0.2, 0.25) is 0 Å². The number of sulfonamides is 2. The summed E-state index contributed by atoms with van der Waals surface area (Å²) in [7, 11) is -6.78. The minimum Gasteiger partial charge on any atom is -0.494 e. The highest BCUT2D eigenvalue weighted by Gasteiger charge is 2.19. The Morgan fingerprint density at radius 1 is 0.839 bits per heavy atom. The predicted molar refractivity (Wildman–Crippen MR) is 113 cm³/mol. The maximum absolute atomic E-state index is 13.8. The lowest BCUT2D eigenvalue weighted by atomic mass is 10.3. The Labute approximate surface area is 179 Å². The van der Waals surface area contributed by atoms with Crippen LogP contribution >= 0.6 is 0 Å². The van der Waals surface area contributed by atoms with Gasteiger partial charge in [0, 0.05) is 17.4 Å². The molecule has 2 N–H and O–H groups in total. The van der Waals surface area contributed by atoms with E-state index in [9.17, 15) is 21.2 Å². The molecular formula is C19H19FN4O5S2. The number of nitrogens with one attached hydrogen (secondary N) is 2. The molecule has 0 aliphatic rings. The molecule has 0 aliphatic carbocycles. The molecule has 31 heavy (non-hydrogen) atoms. The molecule has 3 rings (SSSR count). The van der Waals surface area contributed by atoms with E-state index in [2.05, 4.69) is 19.4 Å². The van der Waals surface area contributed by atoms with Gasteiger partial charge in [-0.25, -0.2) is 31.2 Å². The molecule has 0 spiro atoms. The summed E-state index contributed by atoms with van der Waals surface area (Å²) in [5.41, 5.74) is 0.703. The highest BCUT2D eigenvalue weighted by molar-refractivity contribution is 7.93. The van der Waals surface area contributed by atoms with E-state index in [1.807, 2.05) is 0 Å². The zero-order valence-corrected chi connectivity index (χ0v) is 18.4. The summed E-state index contributed by atoms with van der Waals surface area (Å²) in [6, 6.07) is 9.73. The van der Waals surface area contributed by atoms with E-state index in [-0.39, 0.29) is 27.0 Å². The minimum absolute atomic E-state index is 0.0879. The number of aryl methyl sites for hydroxylation is 2. The quantitative estimate of drug-likeness (QED) is 0.548. The molecule has 0 radical (unpaired) electrons. The number of anilines is 2. The highest BCUT2D eigenvalue weighted by atomic mass is 32.2. The molecule has 3 aromatic rings. The highest BCUT2D eigenvalue weighted by Crippen LogP contribution is 2.24. The van der Waals surface area contributed by atoms with E-state index in [0.29, 0.717) is 11.5 Å². The van der Waals surface area contributed by atoms with Crippen molar-refractivity contribution in [2.24, 2.45) is 0 Å². The first kappa shape index (κ1) is 22.4. The fraction of sp³-hybridized carbons (Fsp3) is 0.158. The second-order valence-corrected chi connectivity index (χ2v) is 9.84. The van der Waals surface area contributed by atoms with E-state index in [1.165, 1.54) is 49.6 Å². The Bertz CT molecular complexity index is 1310. The number of hydrogen-bond acceptors (Lipinski definition) is 7. The first-order valence-electron chi connectivity index (χ1n) is 8.82. The molecule has 164 valence electrons. The average Bonchev–Trinajstić information content (AvgIpc) is 2.67. The number of aromatic nitrogens is 2. The van der Waals surface area contributed by atoms with Crippen LogP contribution in [0.25, 0.3) is 0 Å². The van der Waals surface area contributed by atoms with E-state index in [4.69, 9.17) is 4.74 Å². The number of benzene rings is 2. The molecule has 0 fully saturated rings. The van der Waals surface area contributed by atoms with Crippen molar-refractivity contribution in [3.63, 3.8) is 0 Å². The minimum atomic E-state index is -4.09. The van der Waals surface area contributed by atoms with E-state index < -0.39 is 25.9 Å². The van der Waals surface area contributed by atoms with Crippen molar-refractivity contribution >= 4 is 31.6 Å². The molecular weight excluding hydrogens is 447 g/mol. The first-order chi connectivity index (χ1) is 14.5. The number of halogens is 1. The van der Waals surface area contributed by atoms with Gasteiger partial charge in [0.05, 0.1) is 16.9 Å². The Balaban J connectivity index is 1.80. The largest absolute Gasteiger partial charge is 0.494 e. The van der Waals surface area contributed by atoms with Gasteiger partial charge in [0.15, 0.2) is 11.6 Å². The standard InChI is InChI=1S/C19H19FN4O5S2/c1-12-10-19(22-13(2)21-12)24-30(25,26)15-6-4-14(5-7-15)23-31(27,28)16-8-9-18(29-3)17(20)11-16/h4-11,23H,1-3H3,(H,21,22,24). The summed E-state index contributed by atoms with van der Waals surface area (Å²) in [5, 5.41) is 0. The molecule has 1 aromatic heterocycles. The number of hydrogen-bond donors (Lipinski definition) is 2. The third-order valence-electron chi connectivity index (χ3n) is 4.06. The van der Waals surface area contributed by atoms with Crippen molar-refractivity contribution in [1.29, 1.82) is 0 Å². The third-order valence-corrected chi connectivity index (χ3v) is 6.80. The van der Waals surface area contributed by atoms with Gasteiger partial charge in [-0.3, -0.25) is 9.44 Å². The van der Waals surface area contributed by atoms with Crippen LogP contribution in [-0.2, 0) is 20.0 Å². The first-order valence-corrected chi connectivity index (χ1v) is 11.8. The fourth-order valence-electron chi connectivity index (χ4n) is 2.70. The van der Waals surface area contributed by atoms with Crippen molar-refractivity contribution in [2.45, 2.75) is 23.6 Å². The van der Waals surface area contributed by atoms with Crippen molar-refractivity contribution in [2.75, 3.05) is 16.6 Å². The zero-order valence-electron chi connectivity index (χ0n) is 16.7. The van der Waals surface area contributed by atoms with Crippen LogP contribution in [0.15, 0.2) is 58.3 Å². The molecule has 12 heteroatoms. The molecule has 1 heterocycles. The van der Waals surface area contributed by atoms with Crippen LogP contribution < -0.4 is 14.2 Å². The summed E-state index contributed by atoms with van der Waals surface area (Å²) in [4.78, 5) is 7.71. The smallest absolute Gasteiger partial charge is 0.263 e. The maximum Gasteiger partial charge on any atom is 0.263 e. The van der Waals surface area contributed by atoms with Gasteiger partial charge < -0.3 is 4.74 Å². The van der Waals surface area contributed by atoms with Crippen LogP contribution in [0.5, 0.6) is 5.75 Å². The molecule has 0 aliphatic heterocycles. The van der Waals surface area contributed by atoms with Gasteiger partial charge in [-0.15, -0.1) is 0 Å². The molecule has 0 amide bonds. The van der Waals surface area contributed by atoms with Crippen LogP contribution in [0.4, 0.5) is 15.9 Å². The van der Waals surface area contributed by atoms with Gasteiger partial charge in [0.2, 0.25) is 0 Å². The Kier molecular flexibility index (Phi) is 6.13. The maximum atomic E-state index is 13.8. The summed E-state index contributed by atoms with van der Waals surface area (Å²) >= 11 is 0.